The summed E-state index contributed by atoms with van der Waals surface area (Å²) in [6.45, 7) is 3.96. The number of fused-ring (bicyclic) bond motifs is 1. The number of nitrogens with one attached hydrogen (secondary N) is 1. The van der Waals surface area contributed by atoms with Gasteiger partial charge in [0.15, 0.2) is 0 Å². The Balaban J connectivity index is 1.67. The summed E-state index contributed by atoms with van der Waals surface area (Å²) in [6, 6.07) is 23.4. The van der Waals surface area contributed by atoms with Gasteiger partial charge in [-0.05, 0) is 79.1 Å². The second-order valence-corrected chi connectivity index (χ2v) is 8.32. The van der Waals surface area contributed by atoms with Gasteiger partial charge in [0.1, 0.15) is 12.3 Å². The summed E-state index contributed by atoms with van der Waals surface area (Å²) in [5.74, 6) is 0.395. The summed E-state index contributed by atoms with van der Waals surface area (Å²) in [5.41, 5.74) is 5.37. The normalized spacial score (nSPS) is 10.9. The molecule has 3 aromatic carbocycles. The first-order valence-electron chi connectivity index (χ1n) is 11.1. The smallest absolute Gasteiger partial charge is 0.254 e. The van der Waals surface area contributed by atoms with Crippen LogP contribution in [0.3, 0.4) is 0 Å². The zero-order valence-corrected chi connectivity index (χ0v) is 19.2. The number of hydrogen-bond acceptors (Lipinski definition) is 3. The van der Waals surface area contributed by atoms with E-state index in [-0.39, 0.29) is 18.0 Å². The molecule has 0 fully saturated rings. The predicted molar refractivity (Wildman–Crippen MR) is 133 cm³/mol. The van der Waals surface area contributed by atoms with Crippen LogP contribution in [-0.4, -0.2) is 17.6 Å². The standard InChI is InChI=1S/C28H28N2O3/c1-19-9-13-24(15-20(19)2)29-27(31)18-30-26-17-25(33-3)14-12-22(26)16-23(28(30)32)11-10-21-7-5-4-6-8-21/h4-9,12-17H,10-11,18H2,1-3H3,(H,29,31). The predicted octanol–water partition coefficient (Wildman–Crippen LogP) is 5.05. The molecule has 4 aromatic rings. The molecule has 1 heterocycles. The Morgan fingerprint density at radius 1 is 0.909 bits per heavy atom. The number of aromatic nitrogens is 1. The maximum atomic E-state index is 13.4. The maximum absolute atomic E-state index is 13.4. The highest BCUT2D eigenvalue weighted by Gasteiger charge is 2.14. The molecule has 5 heteroatoms. The highest BCUT2D eigenvalue weighted by molar-refractivity contribution is 5.92. The fourth-order valence-electron chi connectivity index (χ4n) is 3.96. The van der Waals surface area contributed by atoms with Gasteiger partial charge in [0.05, 0.1) is 12.6 Å². The van der Waals surface area contributed by atoms with Crippen LogP contribution in [0.2, 0.25) is 0 Å². The van der Waals surface area contributed by atoms with E-state index >= 15 is 0 Å². The van der Waals surface area contributed by atoms with Gasteiger partial charge in [-0.2, -0.15) is 0 Å². The Kier molecular flexibility index (Phi) is 6.59. The van der Waals surface area contributed by atoms with Crippen molar-refractivity contribution in [3.63, 3.8) is 0 Å². The van der Waals surface area contributed by atoms with Crippen molar-refractivity contribution in [3.8, 4) is 5.75 Å². The number of nitrogens with zero attached hydrogens (tertiary/aromatic N) is 1. The van der Waals surface area contributed by atoms with Crippen molar-refractivity contribution in [2.24, 2.45) is 0 Å². The van der Waals surface area contributed by atoms with Gasteiger partial charge < -0.3 is 10.1 Å². The van der Waals surface area contributed by atoms with Gasteiger partial charge in [0, 0.05) is 17.3 Å². The van der Waals surface area contributed by atoms with E-state index in [1.807, 2.05) is 68.4 Å². The molecule has 4 rings (SSSR count). The minimum atomic E-state index is -0.246. The quantitative estimate of drug-likeness (QED) is 0.437. The molecule has 0 bridgehead atoms. The number of benzene rings is 3. The summed E-state index contributed by atoms with van der Waals surface area (Å²) >= 11 is 0. The van der Waals surface area contributed by atoms with E-state index in [0.717, 1.165) is 28.6 Å². The van der Waals surface area contributed by atoms with Gasteiger partial charge in [-0.25, -0.2) is 0 Å². The summed E-state index contributed by atoms with van der Waals surface area (Å²) < 4.78 is 6.91. The van der Waals surface area contributed by atoms with Gasteiger partial charge in [0.2, 0.25) is 5.91 Å². The SMILES string of the molecule is COc1ccc2cc(CCc3ccccc3)c(=O)n(CC(=O)Nc3ccc(C)c(C)c3)c2c1. The van der Waals surface area contributed by atoms with Crippen molar-refractivity contribution in [1.29, 1.82) is 0 Å². The molecule has 0 radical (unpaired) electrons. The molecule has 0 spiro atoms. The Hall–Kier alpha value is -3.86. The largest absolute Gasteiger partial charge is 0.497 e. The number of anilines is 1. The van der Waals surface area contributed by atoms with Gasteiger partial charge in [-0.15, -0.1) is 0 Å². The first kappa shape index (κ1) is 22.3. The Bertz CT molecular complexity index is 1360. The fourth-order valence-corrected chi connectivity index (χ4v) is 3.96. The third kappa shape index (κ3) is 5.14. The van der Waals surface area contributed by atoms with Crippen LogP contribution in [0.4, 0.5) is 5.69 Å². The number of pyridine rings is 1. The van der Waals surface area contributed by atoms with Crippen LogP contribution in [0.15, 0.2) is 77.6 Å². The van der Waals surface area contributed by atoms with Crippen molar-refractivity contribution < 1.29 is 9.53 Å². The molecule has 0 atom stereocenters. The topological polar surface area (TPSA) is 60.3 Å². The fraction of sp³-hybridized carbons (Fsp3) is 0.214. The molecule has 0 unspecified atom stereocenters. The number of aryl methyl sites for hydroxylation is 4. The van der Waals surface area contributed by atoms with E-state index < -0.39 is 0 Å². The second kappa shape index (κ2) is 9.74. The van der Waals surface area contributed by atoms with Gasteiger partial charge in [-0.1, -0.05) is 36.4 Å². The third-order valence-electron chi connectivity index (χ3n) is 6.00. The first-order valence-corrected chi connectivity index (χ1v) is 11.1. The van der Waals surface area contributed by atoms with E-state index in [9.17, 15) is 9.59 Å². The van der Waals surface area contributed by atoms with Crippen LogP contribution in [-0.2, 0) is 24.2 Å². The lowest BCUT2D eigenvalue weighted by Crippen LogP contribution is -2.30. The van der Waals surface area contributed by atoms with Crippen molar-refractivity contribution in [1.82, 2.24) is 4.57 Å². The molecule has 1 N–H and O–H groups in total. The Morgan fingerprint density at radius 2 is 1.70 bits per heavy atom. The molecule has 5 nitrogen and oxygen atoms in total. The summed E-state index contributed by atoms with van der Waals surface area (Å²) in [5, 5.41) is 3.83. The summed E-state index contributed by atoms with van der Waals surface area (Å²) in [7, 11) is 1.59. The lowest BCUT2D eigenvalue weighted by molar-refractivity contribution is -0.116. The average Bonchev–Trinajstić information content (AvgIpc) is 2.82. The summed E-state index contributed by atoms with van der Waals surface area (Å²) in [4.78, 5) is 26.3. The van der Waals surface area contributed by atoms with Crippen LogP contribution in [0.25, 0.3) is 10.9 Å². The zero-order chi connectivity index (χ0) is 23.4. The summed E-state index contributed by atoms with van der Waals surface area (Å²) in [6.07, 6.45) is 1.36. The number of ether oxygens (including phenoxy) is 1. The Morgan fingerprint density at radius 3 is 2.42 bits per heavy atom. The number of rotatable bonds is 7. The third-order valence-corrected chi connectivity index (χ3v) is 6.00. The van der Waals surface area contributed by atoms with E-state index in [2.05, 4.69) is 17.4 Å². The van der Waals surface area contributed by atoms with E-state index in [1.54, 1.807) is 17.7 Å². The minimum absolute atomic E-state index is 0.0748. The molecule has 168 valence electrons. The lowest BCUT2D eigenvalue weighted by atomic mass is 10.0. The number of amides is 1. The van der Waals surface area contributed by atoms with E-state index in [4.69, 9.17) is 4.74 Å². The van der Waals surface area contributed by atoms with Crippen LogP contribution >= 0.6 is 0 Å². The second-order valence-electron chi connectivity index (χ2n) is 8.32. The van der Waals surface area contributed by atoms with Crippen molar-refractivity contribution >= 4 is 22.5 Å². The van der Waals surface area contributed by atoms with Crippen molar-refractivity contribution in [2.45, 2.75) is 33.2 Å². The number of carbonyl (C=O) groups is 1. The molecule has 0 saturated heterocycles. The molecule has 33 heavy (non-hydrogen) atoms. The molecular formula is C28H28N2O3. The molecule has 0 aliphatic carbocycles. The molecule has 1 amide bonds. The highest BCUT2D eigenvalue weighted by atomic mass is 16.5. The van der Waals surface area contributed by atoms with Crippen molar-refractivity contribution in [3.05, 3.63) is 105 Å². The molecule has 0 aliphatic rings. The highest BCUT2D eigenvalue weighted by Crippen LogP contribution is 2.22. The molecule has 0 aliphatic heterocycles. The van der Waals surface area contributed by atoms with Crippen LogP contribution in [0, 0.1) is 13.8 Å². The Labute approximate surface area is 193 Å². The van der Waals surface area contributed by atoms with Crippen molar-refractivity contribution in [2.75, 3.05) is 12.4 Å². The minimum Gasteiger partial charge on any atom is -0.497 e. The first-order chi connectivity index (χ1) is 15.9. The monoisotopic (exact) mass is 440 g/mol. The van der Waals surface area contributed by atoms with Crippen LogP contribution < -0.4 is 15.6 Å². The molecular weight excluding hydrogens is 412 g/mol. The van der Waals surface area contributed by atoms with Gasteiger partial charge >= 0.3 is 0 Å². The van der Waals surface area contributed by atoms with Crippen LogP contribution in [0.5, 0.6) is 5.75 Å². The molecule has 0 saturated carbocycles. The van der Waals surface area contributed by atoms with Gasteiger partial charge in [-0.3, -0.25) is 14.2 Å². The van der Waals surface area contributed by atoms with Crippen LogP contribution in [0.1, 0.15) is 22.3 Å². The maximum Gasteiger partial charge on any atom is 0.254 e. The van der Waals surface area contributed by atoms with E-state index in [1.165, 1.54) is 5.56 Å². The number of carbonyl (C=O) groups excluding carboxylic acids is 1. The number of methoxy groups -OCH3 is 1. The average molecular weight is 441 g/mol. The lowest BCUT2D eigenvalue weighted by Gasteiger charge is -2.15. The van der Waals surface area contributed by atoms with E-state index in [0.29, 0.717) is 23.3 Å². The zero-order valence-electron chi connectivity index (χ0n) is 19.2. The van der Waals surface area contributed by atoms with Gasteiger partial charge in [0.25, 0.3) is 5.56 Å². The number of hydrogen-bond donors (Lipinski definition) is 1. The molecule has 1 aromatic heterocycles.